The summed E-state index contributed by atoms with van der Waals surface area (Å²) >= 11 is 1.16. The average Bonchev–Trinajstić information content (AvgIpc) is 2.75. The van der Waals surface area contributed by atoms with E-state index in [4.69, 9.17) is 0 Å². The van der Waals surface area contributed by atoms with Gasteiger partial charge >= 0.3 is 0 Å². The summed E-state index contributed by atoms with van der Waals surface area (Å²) in [6, 6.07) is 0. The molecule has 1 atom stereocenters. The van der Waals surface area contributed by atoms with Crippen molar-refractivity contribution in [3.8, 4) is 0 Å². The standard InChI is InChI=1S/C11H18N4O2S.ClH/c1-8(16)7-14-3-5-15(6-4-14)11(17)10-9(2)12-13-18-10;/h8,16H,3-7H2,1-2H3;1H. The Kier molecular flexibility index (Phi) is 6.12. The summed E-state index contributed by atoms with van der Waals surface area (Å²) in [7, 11) is 0. The molecular weight excluding hydrogens is 288 g/mol. The van der Waals surface area contributed by atoms with Crippen molar-refractivity contribution in [3.05, 3.63) is 10.6 Å². The summed E-state index contributed by atoms with van der Waals surface area (Å²) in [5.41, 5.74) is 0.705. The Balaban J connectivity index is 0.00000180. The predicted octanol–water partition coefficient (Wildman–Crippen LogP) is 0.407. The molecule has 1 amide bonds. The highest BCUT2D eigenvalue weighted by Gasteiger charge is 2.25. The molecule has 0 spiro atoms. The molecule has 1 saturated heterocycles. The van der Waals surface area contributed by atoms with Gasteiger partial charge in [-0.2, -0.15) is 0 Å². The van der Waals surface area contributed by atoms with Crippen molar-refractivity contribution in [3.63, 3.8) is 0 Å². The number of aryl methyl sites for hydroxylation is 1. The van der Waals surface area contributed by atoms with Gasteiger partial charge in [-0.25, -0.2) is 0 Å². The Labute approximate surface area is 123 Å². The molecule has 1 aliphatic rings. The topological polar surface area (TPSA) is 69.6 Å². The van der Waals surface area contributed by atoms with E-state index in [2.05, 4.69) is 14.5 Å². The van der Waals surface area contributed by atoms with Crippen molar-refractivity contribution in [2.75, 3.05) is 32.7 Å². The minimum Gasteiger partial charge on any atom is -0.392 e. The molecule has 0 bridgehead atoms. The van der Waals surface area contributed by atoms with Gasteiger partial charge in [0.1, 0.15) is 4.88 Å². The number of rotatable bonds is 3. The highest BCUT2D eigenvalue weighted by Crippen LogP contribution is 2.14. The summed E-state index contributed by atoms with van der Waals surface area (Å²) in [5, 5.41) is 13.2. The number of β-amino-alcohol motifs (C(OH)–C–C–N with tert-alkyl or cyclic N) is 1. The van der Waals surface area contributed by atoms with Crippen LogP contribution < -0.4 is 0 Å². The third-order valence-corrected chi connectivity index (χ3v) is 3.84. The molecule has 108 valence electrons. The molecule has 0 aromatic carbocycles. The van der Waals surface area contributed by atoms with E-state index in [1.54, 1.807) is 13.8 Å². The SMILES string of the molecule is Cc1nnsc1C(=O)N1CCN(CC(C)O)CC1.Cl. The smallest absolute Gasteiger partial charge is 0.267 e. The van der Waals surface area contributed by atoms with E-state index in [0.717, 1.165) is 24.6 Å². The molecule has 1 fully saturated rings. The molecule has 1 aliphatic heterocycles. The van der Waals surface area contributed by atoms with Crippen LogP contribution in [0.15, 0.2) is 0 Å². The molecule has 0 radical (unpaired) electrons. The van der Waals surface area contributed by atoms with Gasteiger partial charge in [-0.3, -0.25) is 9.69 Å². The van der Waals surface area contributed by atoms with Crippen molar-refractivity contribution in [2.24, 2.45) is 0 Å². The highest BCUT2D eigenvalue weighted by molar-refractivity contribution is 7.07. The molecule has 2 rings (SSSR count). The van der Waals surface area contributed by atoms with Gasteiger partial charge in [0, 0.05) is 32.7 Å². The largest absolute Gasteiger partial charge is 0.392 e. The Bertz CT molecular complexity index is 419. The summed E-state index contributed by atoms with van der Waals surface area (Å²) < 4.78 is 3.79. The third-order valence-electron chi connectivity index (χ3n) is 3.03. The van der Waals surface area contributed by atoms with Crippen LogP contribution in [0.5, 0.6) is 0 Å². The second-order valence-electron chi connectivity index (χ2n) is 4.63. The highest BCUT2D eigenvalue weighted by atomic mass is 35.5. The van der Waals surface area contributed by atoms with Crippen molar-refractivity contribution in [2.45, 2.75) is 20.0 Å². The van der Waals surface area contributed by atoms with Gasteiger partial charge in [0.05, 0.1) is 11.8 Å². The van der Waals surface area contributed by atoms with Gasteiger partial charge in [0.15, 0.2) is 0 Å². The number of amides is 1. The maximum atomic E-state index is 12.2. The summed E-state index contributed by atoms with van der Waals surface area (Å²) in [4.78, 5) is 16.8. The molecule has 1 N–H and O–H groups in total. The molecular formula is C11H19ClN4O2S. The first-order valence-corrected chi connectivity index (χ1v) is 6.84. The van der Waals surface area contributed by atoms with Crippen LogP contribution in [0.1, 0.15) is 22.3 Å². The summed E-state index contributed by atoms with van der Waals surface area (Å²) in [6.45, 7) is 7.27. The number of hydrogen-bond donors (Lipinski definition) is 1. The van der Waals surface area contributed by atoms with E-state index in [0.29, 0.717) is 30.2 Å². The quantitative estimate of drug-likeness (QED) is 0.876. The molecule has 1 unspecified atom stereocenters. The maximum absolute atomic E-state index is 12.2. The lowest BCUT2D eigenvalue weighted by Crippen LogP contribution is -2.50. The number of nitrogens with zero attached hydrogens (tertiary/aromatic N) is 4. The minimum absolute atomic E-state index is 0. The Hall–Kier alpha value is -0.760. The second-order valence-corrected chi connectivity index (χ2v) is 5.38. The minimum atomic E-state index is -0.319. The number of aliphatic hydroxyl groups excluding tert-OH is 1. The summed E-state index contributed by atoms with van der Waals surface area (Å²) in [6.07, 6.45) is -0.319. The van der Waals surface area contributed by atoms with Crippen LogP contribution in [0.2, 0.25) is 0 Å². The number of aliphatic hydroxyl groups is 1. The van der Waals surface area contributed by atoms with Gasteiger partial charge in [-0.15, -0.1) is 17.5 Å². The lowest BCUT2D eigenvalue weighted by atomic mass is 10.2. The number of carbonyl (C=O) groups is 1. The van der Waals surface area contributed by atoms with E-state index >= 15 is 0 Å². The first-order valence-electron chi connectivity index (χ1n) is 6.06. The Morgan fingerprint density at radius 1 is 1.42 bits per heavy atom. The zero-order valence-electron chi connectivity index (χ0n) is 11.1. The molecule has 8 heteroatoms. The second kappa shape index (κ2) is 7.14. The van der Waals surface area contributed by atoms with Crippen LogP contribution in [-0.2, 0) is 0 Å². The number of carbonyl (C=O) groups excluding carboxylic acids is 1. The molecule has 1 aromatic heterocycles. The third kappa shape index (κ3) is 4.10. The lowest BCUT2D eigenvalue weighted by Gasteiger charge is -2.35. The molecule has 0 aliphatic carbocycles. The molecule has 19 heavy (non-hydrogen) atoms. The van der Waals surface area contributed by atoms with Gasteiger partial charge in [0.25, 0.3) is 5.91 Å². The number of hydrogen-bond acceptors (Lipinski definition) is 6. The van der Waals surface area contributed by atoms with Gasteiger partial charge in [-0.1, -0.05) is 4.49 Å². The zero-order chi connectivity index (χ0) is 13.1. The first-order chi connectivity index (χ1) is 8.58. The van der Waals surface area contributed by atoms with E-state index < -0.39 is 0 Å². The Morgan fingerprint density at radius 2 is 2.05 bits per heavy atom. The van der Waals surface area contributed by atoms with Crippen LogP contribution in [0.3, 0.4) is 0 Å². The lowest BCUT2D eigenvalue weighted by molar-refractivity contribution is 0.0557. The summed E-state index contributed by atoms with van der Waals surface area (Å²) in [5.74, 6) is 0.0270. The molecule has 2 heterocycles. The van der Waals surface area contributed by atoms with Crippen LogP contribution in [0, 0.1) is 6.92 Å². The number of piperazine rings is 1. The van der Waals surface area contributed by atoms with E-state index in [1.165, 1.54) is 0 Å². The fraction of sp³-hybridized carbons (Fsp3) is 0.727. The van der Waals surface area contributed by atoms with E-state index in [-0.39, 0.29) is 24.4 Å². The fourth-order valence-corrected chi connectivity index (χ4v) is 2.70. The van der Waals surface area contributed by atoms with Crippen LogP contribution in [0.25, 0.3) is 0 Å². The van der Waals surface area contributed by atoms with Gasteiger partial charge in [0.2, 0.25) is 0 Å². The van der Waals surface area contributed by atoms with Crippen molar-refractivity contribution < 1.29 is 9.90 Å². The predicted molar refractivity (Wildman–Crippen MR) is 75.9 cm³/mol. The van der Waals surface area contributed by atoms with Crippen molar-refractivity contribution >= 4 is 29.8 Å². The number of aromatic nitrogens is 2. The van der Waals surface area contributed by atoms with Gasteiger partial charge < -0.3 is 10.0 Å². The van der Waals surface area contributed by atoms with Crippen LogP contribution >= 0.6 is 23.9 Å². The fourth-order valence-electron chi connectivity index (χ4n) is 2.08. The molecule has 1 aromatic rings. The normalized spacial score (nSPS) is 17.9. The van der Waals surface area contributed by atoms with Crippen LogP contribution in [-0.4, -0.2) is 69.2 Å². The maximum Gasteiger partial charge on any atom is 0.267 e. The first kappa shape index (κ1) is 16.3. The van der Waals surface area contributed by atoms with Gasteiger partial charge in [-0.05, 0) is 25.4 Å². The van der Waals surface area contributed by atoms with Crippen molar-refractivity contribution in [1.29, 1.82) is 0 Å². The zero-order valence-corrected chi connectivity index (χ0v) is 12.7. The molecule has 6 nitrogen and oxygen atoms in total. The van der Waals surface area contributed by atoms with E-state index in [1.807, 2.05) is 4.90 Å². The average molecular weight is 307 g/mol. The molecule has 0 saturated carbocycles. The van der Waals surface area contributed by atoms with E-state index in [9.17, 15) is 9.90 Å². The van der Waals surface area contributed by atoms with Crippen LogP contribution in [0.4, 0.5) is 0 Å². The van der Waals surface area contributed by atoms with Crippen molar-refractivity contribution in [1.82, 2.24) is 19.4 Å². The number of halogens is 1. The Morgan fingerprint density at radius 3 is 2.53 bits per heavy atom. The monoisotopic (exact) mass is 306 g/mol.